The molecule has 3 N–H and O–H groups in total. The molecule has 0 aliphatic carbocycles. The molecule has 3 rings (SSSR count). The molecule has 2 aromatic carbocycles. The van der Waals surface area contributed by atoms with Crippen molar-refractivity contribution >= 4 is 5.69 Å². The number of aromatic hydroxyl groups is 1. The second kappa shape index (κ2) is 5.66. The zero-order valence-electron chi connectivity index (χ0n) is 11.4. The van der Waals surface area contributed by atoms with E-state index in [1.165, 1.54) is 11.6 Å². The maximum Gasteiger partial charge on any atom is 0.257 e. The zero-order valence-corrected chi connectivity index (χ0v) is 11.4. The number of nitrogens with zero attached hydrogens (tertiary/aromatic N) is 2. The Balaban J connectivity index is 1.72. The molecular formula is C16H15N3O2. The Morgan fingerprint density at radius 1 is 1.05 bits per heavy atom. The number of benzene rings is 2. The standard InChI is InChI=1S/C16H15N3O2/c17-13-10-12(7-8-14(13)20)16-18-15(19-21-16)9-6-11-4-2-1-3-5-11/h1-5,7-8,10,20H,6,9,17H2. The van der Waals surface area contributed by atoms with Crippen molar-refractivity contribution in [2.75, 3.05) is 5.73 Å². The lowest BCUT2D eigenvalue weighted by Crippen LogP contribution is -1.93. The van der Waals surface area contributed by atoms with Crippen LogP contribution in [0.4, 0.5) is 5.69 Å². The van der Waals surface area contributed by atoms with Crippen molar-refractivity contribution in [3.05, 3.63) is 59.9 Å². The molecule has 0 aliphatic heterocycles. The summed E-state index contributed by atoms with van der Waals surface area (Å²) in [5.74, 6) is 1.10. The fourth-order valence-electron chi connectivity index (χ4n) is 2.06. The Bertz CT molecular complexity index is 738. The molecule has 3 aromatic rings. The van der Waals surface area contributed by atoms with Crippen LogP contribution in [0, 0.1) is 0 Å². The highest BCUT2D eigenvalue weighted by molar-refractivity contribution is 5.64. The third kappa shape index (κ3) is 3.02. The van der Waals surface area contributed by atoms with Gasteiger partial charge in [0.15, 0.2) is 5.82 Å². The van der Waals surface area contributed by atoms with E-state index in [-0.39, 0.29) is 11.4 Å². The summed E-state index contributed by atoms with van der Waals surface area (Å²) in [6.45, 7) is 0. The Morgan fingerprint density at radius 3 is 2.62 bits per heavy atom. The maximum absolute atomic E-state index is 9.41. The minimum atomic E-state index is 0.0440. The molecule has 0 aliphatic rings. The lowest BCUT2D eigenvalue weighted by atomic mass is 10.1. The highest BCUT2D eigenvalue weighted by Crippen LogP contribution is 2.26. The van der Waals surface area contributed by atoms with Crippen LogP contribution >= 0.6 is 0 Å². The van der Waals surface area contributed by atoms with Gasteiger partial charge in [-0.25, -0.2) is 0 Å². The van der Waals surface area contributed by atoms with Gasteiger partial charge in [-0.1, -0.05) is 35.5 Å². The predicted molar refractivity (Wildman–Crippen MR) is 79.7 cm³/mol. The van der Waals surface area contributed by atoms with Gasteiger partial charge in [-0.05, 0) is 30.2 Å². The number of hydrogen-bond acceptors (Lipinski definition) is 5. The Kier molecular flexibility index (Phi) is 3.55. The Morgan fingerprint density at radius 2 is 1.86 bits per heavy atom. The molecule has 0 saturated carbocycles. The summed E-state index contributed by atoms with van der Waals surface area (Å²) in [5.41, 5.74) is 7.88. The molecule has 0 fully saturated rings. The van der Waals surface area contributed by atoms with E-state index in [2.05, 4.69) is 22.3 Å². The van der Waals surface area contributed by atoms with Crippen LogP contribution in [0.3, 0.4) is 0 Å². The lowest BCUT2D eigenvalue weighted by molar-refractivity contribution is 0.422. The molecule has 0 bridgehead atoms. The largest absolute Gasteiger partial charge is 0.506 e. The first-order valence-electron chi connectivity index (χ1n) is 6.68. The molecule has 0 amide bonds. The van der Waals surface area contributed by atoms with Crippen molar-refractivity contribution in [1.82, 2.24) is 10.1 Å². The fourth-order valence-corrected chi connectivity index (χ4v) is 2.06. The highest BCUT2D eigenvalue weighted by atomic mass is 16.5. The Labute approximate surface area is 122 Å². The van der Waals surface area contributed by atoms with Gasteiger partial charge in [0, 0.05) is 12.0 Å². The predicted octanol–water partition coefficient (Wildman–Crippen LogP) is 2.81. The van der Waals surface area contributed by atoms with E-state index < -0.39 is 0 Å². The second-order valence-corrected chi connectivity index (χ2v) is 4.77. The molecule has 1 aromatic heterocycles. The second-order valence-electron chi connectivity index (χ2n) is 4.77. The van der Waals surface area contributed by atoms with Gasteiger partial charge in [-0.3, -0.25) is 0 Å². The molecule has 106 valence electrons. The number of aryl methyl sites for hydroxylation is 2. The van der Waals surface area contributed by atoms with Gasteiger partial charge in [-0.15, -0.1) is 0 Å². The van der Waals surface area contributed by atoms with Crippen LogP contribution in [0.25, 0.3) is 11.5 Å². The normalized spacial score (nSPS) is 10.7. The van der Waals surface area contributed by atoms with Crippen molar-refractivity contribution in [2.45, 2.75) is 12.8 Å². The van der Waals surface area contributed by atoms with Gasteiger partial charge in [0.2, 0.25) is 0 Å². The maximum atomic E-state index is 9.41. The molecule has 21 heavy (non-hydrogen) atoms. The average Bonchev–Trinajstić information content (AvgIpc) is 2.98. The summed E-state index contributed by atoms with van der Waals surface area (Å²) >= 11 is 0. The van der Waals surface area contributed by atoms with Gasteiger partial charge >= 0.3 is 0 Å². The first kappa shape index (κ1) is 13.2. The molecule has 5 heteroatoms. The molecule has 0 unspecified atom stereocenters. The quantitative estimate of drug-likeness (QED) is 0.567. The average molecular weight is 281 g/mol. The highest BCUT2D eigenvalue weighted by Gasteiger charge is 2.10. The number of hydrogen-bond donors (Lipinski definition) is 2. The van der Waals surface area contributed by atoms with Gasteiger partial charge in [0.25, 0.3) is 5.89 Å². The molecule has 0 saturated heterocycles. The summed E-state index contributed by atoms with van der Waals surface area (Å²) in [6, 6.07) is 15.0. The SMILES string of the molecule is Nc1cc(-c2nc(CCc3ccccc3)no2)ccc1O. The Hall–Kier alpha value is -2.82. The van der Waals surface area contributed by atoms with Crippen LogP contribution in [0.2, 0.25) is 0 Å². The minimum absolute atomic E-state index is 0.0440. The van der Waals surface area contributed by atoms with Gasteiger partial charge in [-0.2, -0.15) is 4.98 Å². The molecule has 5 nitrogen and oxygen atoms in total. The molecule has 0 spiro atoms. The van der Waals surface area contributed by atoms with Crippen molar-refractivity contribution in [2.24, 2.45) is 0 Å². The monoisotopic (exact) mass is 281 g/mol. The number of anilines is 1. The summed E-state index contributed by atoms with van der Waals surface area (Å²) in [4.78, 5) is 4.35. The van der Waals surface area contributed by atoms with E-state index in [1.54, 1.807) is 12.1 Å². The van der Waals surface area contributed by atoms with Crippen LogP contribution in [-0.4, -0.2) is 15.2 Å². The van der Waals surface area contributed by atoms with Crippen molar-refractivity contribution in [1.29, 1.82) is 0 Å². The summed E-state index contributed by atoms with van der Waals surface area (Å²) < 4.78 is 5.24. The van der Waals surface area contributed by atoms with E-state index in [9.17, 15) is 5.11 Å². The molecular weight excluding hydrogens is 266 g/mol. The zero-order chi connectivity index (χ0) is 14.7. The van der Waals surface area contributed by atoms with E-state index >= 15 is 0 Å². The molecule has 0 radical (unpaired) electrons. The van der Waals surface area contributed by atoms with Crippen molar-refractivity contribution < 1.29 is 9.63 Å². The van der Waals surface area contributed by atoms with Gasteiger partial charge in [0.1, 0.15) is 5.75 Å². The number of rotatable bonds is 4. The van der Waals surface area contributed by atoms with Crippen LogP contribution in [-0.2, 0) is 12.8 Å². The molecule has 1 heterocycles. The third-order valence-corrected chi connectivity index (χ3v) is 3.22. The third-order valence-electron chi connectivity index (χ3n) is 3.22. The number of nitrogen functional groups attached to an aromatic ring is 1. The first-order chi connectivity index (χ1) is 10.2. The summed E-state index contributed by atoms with van der Waals surface area (Å²) in [6.07, 6.45) is 1.57. The van der Waals surface area contributed by atoms with E-state index in [0.717, 1.165) is 6.42 Å². The lowest BCUT2D eigenvalue weighted by Gasteiger charge is -1.99. The van der Waals surface area contributed by atoms with E-state index in [0.29, 0.717) is 23.7 Å². The minimum Gasteiger partial charge on any atom is -0.506 e. The first-order valence-corrected chi connectivity index (χ1v) is 6.68. The number of aromatic nitrogens is 2. The number of phenols is 1. The van der Waals surface area contributed by atoms with Crippen molar-refractivity contribution in [3.63, 3.8) is 0 Å². The number of nitrogens with two attached hydrogens (primary N) is 1. The smallest absolute Gasteiger partial charge is 0.257 e. The van der Waals surface area contributed by atoms with E-state index in [1.807, 2.05) is 18.2 Å². The van der Waals surface area contributed by atoms with Crippen LogP contribution in [0.15, 0.2) is 53.1 Å². The number of phenolic OH excluding ortho intramolecular Hbond substituents is 1. The topological polar surface area (TPSA) is 85.2 Å². The van der Waals surface area contributed by atoms with Gasteiger partial charge in [0.05, 0.1) is 5.69 Å². The summed E-state index contributed by atoms with van der Waals surface area (Å²) in [7, 11) is 0. The van der Waals surface area contributed by atoms with Crippen LogP contribution < -0.4 is 5.73 Å². The van der Waals surface area contributed by atoms with E-state index in [4.69, 9.17) is 10.3 Å². The van der Waals surface area contributed by atoms with Crippen LogP contribution in [0.5, 0.6) is 5.75 Å². The van der Waals surface area contributed by atoms with Crippen LogP contribution in [0.1, 0.15) is 11.4 Å². The van der Waals surface area contributed by atoms with Crippen molar-refractivity contribution in [3.8, 4) is 17.2 Å². The molecule has 0 atom stereocenters. The summed E-state index contributed by atoms with van der Waals surface area (Å²) in [5, 5.41) is 13.4. The fraction of sp³-hybridized carbons (Fsp3) is 0.125. The van der Waals surface area contributed by atoms with Gasteiger partial charge < -0.3 is 15.4 Å².